The Morgan fingerprint density at radius 1 is 1.04 bits per heavy atom. The third-order valence-corrected chi connectivity index (χ3v) is 9.49. The molecule has 0 heterocycles. The Morgan fingerprint density at radius 3 is 2.11 bits per heavy atom. The number of aryl methyl sites for hydroxylation is 1. The fourth-order valence-corrected chi connectivity index (χ4v) is 3.33. The third kappa shape index (κ3) is 5.66. The van der Waals surface area contributed by atoms with Crippen molar-refractivity contribution in [2.45, 2.75) is 45.8 Å². The van der Waals surface area contributed by atoms with Gasteiger partial charge in [-0.05, 0) is 48.8 Å². The van der Waals surface area contributed by atoms with Crippen LogP contribution in [0.15, 0.2) is 60.7 Å². The van der Waals surface area contributed by atoms with Crippen LogP contribution < -0.4 is 0 Å². The molecule has 0 unspecified atom stereocenters. The molecule has 0 bridgehead atoms. The molecule has 0 fully saturated rings. The van der Waals surface area contributed by atoms with Crippen LogP contribution in [0.25, 0.3) is 11.8 Å². The number of non-ortho nitro benzene ring substituents is 1. The molecule has 2 rings (SSSR count). The lowest BCUT2D eigenvalue weighted by Gasteiger charge is -2.37. The molecule has 4 nitrogen and oxygen atoms in total. The zero-order valence-corrected chi connectivity index (χ0v) is 18.5. The van der Waals surface area contributed by atoms with Gasteiger partial charge in [-0.15, -0.1) is 0 Å². The van der Waals surface area contributed by atoms with Crippen molar-refractivity contribution in [3.63, 3.8) is 0 Å². The number of nitro groups is 1. The van der Waals surface area contributed by atoms with Gasteiger partial charge in [0.25, 0.3) is 14.0 Å². The van der Waals surface area contributed by atoms with Crippen LogP contribution in [0.4, 0.5) is 5.69 Å². The van der Waals surface area contributed by atoms with E-state index >= 15 is 0 Å². The van der Waals surface area contributed by atoms with Crippen molar-refractivity contribution in [2.75, 3.05) is 0 Å². The average Bonchev–Trinajstić information content (AvgIpc) is 2.61. The fraction of sp³-hybridized carbons (Fsp3) is 0.304. The van der Waals surface area contributed by atoms with Gasteiger partial charge in [0.2, 0.25) is 0 Å². The summed E-state index contributed by atoms with van der Waals surface area (Å²) in [7, 11) is -1.99. The number of hydrogen-bond donors (Lipinski definition) is 0. The van der Waals surface area contributed by atoms with Gasteiger partial charge in [-0.25, -0.2) is 0 Å². The number of rotatable bonds is 6. The molecule has 0 atom stereocenters. The van der Waals surface area contributed by atoms with E-state index in [0.29, 0.717) is 0 Å². The Morgan fingerprint density at radius 2 is 1.61 bits per heavy atom. The summed E-state index contributed by atoms with van der Waals surface area (Å²) in [5.41, 5.74) is 3.24. The maximum atomic E-state index is 10.8. The van der Waals surface area contributed by atoms with Gasteiger partial charge >= 0.3 is 0 Å². The monoisotopic (exact) mass is 395 g/mol. The molecule has 0 radical (unpaired) electrons. The summed E-state index contributed by atoms with van der Waals surface area (Å²) < 4.78 is 6.58. The lowest BCUT2D eigenvalue weighted by molar-refractivity contribution is -0.384. The predicted molar refractivity (Wildman–Crippen MR) is 120 cm³/mol. The van der Waals surface area contributed by atoms with Crippen LogP contribution in [-0.2, 0) is 4.43 Å². The molecular formula is C23H29NO3Si. The van der Waals surface area contributed by atoms with Gasteiger partial charge in [0.15, 0.2) is 0 Å². The summed E-state index contributed by atoms with van der Waals surface area (Å²) in [6, 6.07) is 14.8. The van der Waals surface area contributed by atoms with Gasteiger partial charge < -0.3 is 4.43 Å². The Bertz CT molecular complexity index is 874. The zero-order chi connectivity index (χ0) is 20.9. The number of allylic oxidation sites excluding steroid dienone is 2. The highest BCUT2D eigenvalue weighted by Gasteiger charge is 2.39. The smallest absolute Gasteiger partial charge is 0.269 e. The van der Waals surface area contributed by atoms with Crippen molar-refractivity contribution in [3.05, 3.63) is 87.5 Å². The van der Waals surface area contributed by atoms with E-state index in [1.807, 2.05) is 18.2 Å². The lowest BCUT2D eigenvalue weighted by atomic mass is 10.1. The molecule has 0 N–H and O–H groups in total. The number of benzene rings is 2. The Balaban J connectivity index is 2.32. The standard InChI is InChI=1S/C23H29NO3Si/c1-18-10-14-20(15-11-18)22(27-28(5,6)23(2,3)4)9-7-8-19-12-16-21(17-13-19)24(25)26/h7-17H,1-6H3/b8-7+,22-9+. The molecule has 0 aliphatic carbocycles. The molecule has 0 aromatic heterocycles. The fourth-order valence-electron chi connectivity index (χ4n) is 2.29. The summed E-state index contributed by atoms with van der Waals surface area (Å²) >= 11 is 0. The van der Waals surface area contributed by atoms with Crippen LogP contribution >= 0.6 is 0 Å². The molecule has 0 aliphatic rings. The highest BCUT2D eigenvalue weighted by atomic mass is 28.4. The van der Waals surface area contributed by atoms with Crippen molar-refractivity contribution >= 4 is 25.8 Å². The van der Waals surface area contributed by atoms with Gasteiger partial charge in [0, 0.05) is 17.7 Å². The second-order valence-electron chi connectivity index (χ2n) is 8.47. The van der Waals surface area contributed by atoms with Crippen LogP contribution in [-0.4, -0.2) is 13.2 Å². The van der Waals surface area contributed by atoms with Gasteiger partial charge in [-0.2, -0.15) is 0 Å². The minimum atomic E-state index is -1.99. The molecule has 0 saturated carbocycles. The molecule has 2 aromatic rings. The Labute approximate surface area is 168 Å². The Kier molecular flexibility index (Phi) is 6.62. The number of nitro benzene ring substituents is 1. The largest absolute Gasteiger partial charge is 0.543 e. The second kappa shape index (κ2) is 8.57. The van der Waals surface area contributed by atoms with E-state index < -0.39 is 13.2 Å². The SMILES string of the molecule is Cc1ccc(/C(=C\C=C\c2ccc([N+](=O)[O-])cc2)O[Si](C)(C)C(C)(C)C)cc1. The molecule has 0 saturated heterocycles. The zero-order valence-electron chi connectivity index (χ0n) is 17.5. The first-order valence-electron chi connectivity index (χ1n) is 9.38. The van der Waals surface area contributed by atoms with Gasteiger partial charge in [-0.1, -0.05) is 62.8 Å². The summed E-state index contributed by atoms with van der Waals surface area (Å²) in [6.07, 6.45) is 5.84. The van der Waals surface area contributed by atoms with E-state index in [9.17, 15) is 10.1 Å². The predicted octanol–water partition coefficient (Wildman–Crippen LogP) is 6.98. The first kappa shape index (κ1) is 21.6. The van der Waals surface area contributed by atoms with Crippen LogP contribution in [0.2, 0.25) is 18.1 Å². The minimum absolute atomic E-state index is 0.0919. The number of nitrogens with zero attached hydrogens (tertiary/aromatic N) is 1. The summed E-state index contributed by atoms with van der Waals surface area (Å²) in [5, 5.41) is 10.9. The molecule has 0 aliphatic heterocycles. The lowest BCUT2D eigenvalue weighted by Crippen LogP contribution is -2.40. The van der Waals surface area contributed by atoms with E-state index in [4.69, 9.17) is 4.43 Å². The normalized spacial score (nSPS) is 13.0. The van der Waals surface area contributed by atoms with Crippen molar-refractivity contribution in [1.82, 2.24) is 0 Å². The van der Waals surface area contributed by atoms with Crippen LogP contribution in [0.3, 0.4) is 0 Å². The van der Waals surface area contributed by atoms with Crippen LogP contribution in [0.1, 0.15) is 37.5 Å². The van der Waals surface area contributed by atoms with Crippen molar-refractivity contribution < 1.29 is 9.35 Å². The van der Waals surface area contributed by atoms with Crippen LogP contribution in [0.5, 0.6) is 0 Å². The van der Waals surface area contributed by atoms with E-state index in [-0.39, 0.29) is 10.7 Å². The highest BCUT2D eigenvalue weighted by molar-refractivity contribution is 6.74. The van der Waals surface area contributed by atoms with E-state index in [1.54, 1.807) is 12.1 Å². The van der Waals surface area contributed by atoms with Crippen molar-refractivity contribution in [2.24, 2.45) is 0 Å². The summed E-state index contributed by atoms with van der Waals surface area (Å²) in [5.74, 6) is 0.852. The molecule has 0 spiro atoms. The van der Waals surface area contributed by atoms with E-state index in [0.717, 1.165) is 16.9 Å². The maximum Gasteiger partial charge on any atom is 0.269 e. The molecule has 0 amide bonds. The van der Waals surface area contributed by atoms with Gasteiger partial charge in [0.05, 0.1) is 4.92 Å². The first-order chi connectivity index (χ1) is 13.0. The second-order valence-corrected chi connectivity index (χ2v) is 13.2. The van der Waals surface area contributed by atoms with E-state index in [2.05, 4.69) is 65.1 Å². The van der Waals surface area contributed by atoms with Crippen molar-refractivity contribution in [3.8, 4) is 0 Å². The minimum Gasteiger partial charge on any atom is -0.543 e. The molecule has 148 valence electrons. The highest BCUT2D eigenvalue weighted by Crippen LogP contribution is 2.39. The number of hydrogen-bond acceptors (Lipinski definition) is 3. The molecular weight excluding hydrogens is 366 g/mol. The maximum absolute atomic E-state index is 10.8. The quantitative estimate of drug-likeness (QED) is 0.174. The Hall–Kier alpha value is -2.66. The van der Waals surface area contributed by atoms with Crippen molar-refractivity contribution in [1.29, 1.82) is 0 Å². The molecule has 5 heteroatoms. The summed E-state index contributed by atoms with van der Waals surface area (Å²) in [4.78, 5) is 10.4. The average molecular weight is 396 g/mol. The topological polar surface area (TPSA) is 52.4 Å². The van der Waals surface area contributed by atoms with Crippen LogP contribution in [0, 0.1) is 17.0 Å². The molecule has 28 heavy (non-hydrogen) atoms. The third-order valence-electron chi connectivity index (χ3n) is 5.15. The van der Waals surface area contributed by atoms with Gasteiger partial charge in [0.1, 0.15) is 5.76 Å². The first-order valence-corrected chi connectivity index (χ1v) is 12.3. The van der Waals surface area contributed by atoms with Gasteiger partial charge in [-0.3, -0.25) is 10.1 Å². The summed E-state index contributed by atoms with van der Waals surface area (Å²) in [6.45, 7) is 13.2. The molecule has 2 aromatic carbocycles. The van der Waals surface area contributed by atoms with E-state index in [1.165, 1.54) is 17.7 Å².